The van der Waals surface area contributed by atoms with Gasteiger partial charge in [-0.05, 0) is 32.1 Å². The molecule has 0 saturated carbocycles. The number of hydrogen-bond acceptors (Lipinski definition) is 3. The third-order valence-electron chi connectivity index (χ3n) is 3.53. The maximum Gasteiger partial charge on any atom is 0.191 e. The smallest absolute Gasteiger partial charge is 0.191 e. The quantitative estimate of drug-likeness (QED) is 0.644. The Morgan fingerprint density at radius 2 is 2.00 bits per heavy atom. The SMILES string of the molecule is CN=C(NCc1nnc(C)n1C)NC(C)CCC(C)(C)C. The lowest BCUT2D eigenvalue weighted by Gasteiger charge is -2.23. The molecule has 0 aliphatic heterocycles. The van der Waals surface area contributed by atoms with E-state index in [0.717, 1.165) is 24.0 Å². The molecule has 6 heteroatoms. The molecule has 0 aliphatic carbocycles. The van der Waals surface area contributed by atoms with E-state index in [2.05, 4.69) is 53.5 Å². The van der Waals surface area contributed by atoms with Crippen LogP contribution in [0.2, 0.25) is 0 Å². The Hall–Kier alpha value is -1.59. The minimum absolute atomic E-state index is 0.364. The maximum atomic E-state index is 4.26. The first-order valence-corrected chi connectivity index (χ1v) is 7.55. The molecule has 1 aromatic rings. The highest BCUT2D eigenvalue weighted by atomic mass is 15.3. The number of aryl methyl sites for hydroxylation is 1. The second-order valence-electron chi connectivity index (χ2n) is 6.79. The average Bonchev–Trinajstić information content (AvgIpc) is 2.72. The van der Waals surface area contributed by atoms with Crippen LogP contribution in [0.1, 0.15) is 52.2 Å². The summed E-state index contributed by atoms with van der Waals surface area (Å²) in [5.41, 5.74) is 0.364. The first kappa shape index (κ1) is 17.5. The average molecular weight is 294 g/mol. The van der Waals surface area contributed by atoms with Crippen LogP contribution in [0.3, 0.4) is 0 Å². The van der Waals surface area contributed by atoms with E-state index in [9.17, 15) is 0 Å². The van der Waals surface area contributed by atoms with E-state index in [0.29, 0.717) is 18.0 Å². The van der Waals surface area contributed by atoms with Gasteiger partial charge in [0.2, 0.25) is 0 Å². The van der Waals surface area contributed by atoms with Crippen LogP contribution < -0.4 is 10.6 Å². The van der Waals surface area contributed by atoms with E-state index < -0.39 is 0 Å². The van der Waals surface area contributed by atoms with E-state index >= 15 is 0 Å². The molecule has 1 aromatic heterocycles. The molecule has 0 spiro atoms. The molecule has 6 nitrogen and oxygen atoms in total. The van der Waals surface area contributed by atoms with E-state index in [-0.39, 0.29) is 0 Å². The van der Waals surface area contributed by atoms with Crippen molar-refractivity contribution in [3.05, 3.63) is 11.6 Å². The number of guanidine groups is 1. The Morgan fingerprint density at radius 1 is 1.33 bits per heavy atom. The molecular formula is C15H30N6. The van der Waals surface area contributed by atoms with Crippen LogP contribution >= 0.6 is 0 Å². The van der Waals surface area contributed by atoms with Gasteiger partial charge in [-0.2, -0.15) is 0 Å². The van der Waals surface area contributed by atoms with Crippen molar-refractivity contribution in [3.8, 4) is 0 Å². The van der Waals surface area contributed by atoms with E-state index in [1.165, 1.54) is 6.42 Å². The number of nitrogens with one attached hydrogen (secondary N) is 2. The van der Waals surface area contributed by atoms with Gasteiger partial charge in [0.05, 0.1) is 6.54 Å². The number of aliphatic imine (C=N–C) groups is 1. The molecule has 1 rings (SSSR count). The molecule has 1 atom stereocenters. The van der Waals surface area contributed by atoms with Crippen LogP contribution in [0.15, 0.2) is 4.99 Å². The normalized spacial score (nSPS) is 14.1. The van der Waals surface area contributed by atoms with Crippen LogP contribution in [0.5, 0.6) is 0 Å². The highest BCUT2D eigenvalue weighted by molar-refractivity contribution is 5.79. The highest BCUT2D eigenvalue weighted by Gasteiger charge is 2.13. The van der Waals surface area contributed by atoms with Crippen LogP contribution in [0.4, 0.5) is 0 Å². The van der Waals surface area contributed by atoms with Crippen molar-refractivity contribution in [2.24, 2.45) is 17.5 Å². The minimum Gasteiger partial charge on any atom is -0.354 e. The number of hydrogen-bond donors (Lipinski definition) is 2. The van der Waals surface area contributed by atoms with Crippen LogP contribution in [-0.2, 0) is 13.6 Å². The molecule has 0 bridgehead atoms. The fourth-order valence-electron chi connectivity index (χ4n) is 1.92. The lowest BCUT2D eigenvalue weighted by atomic mass is 9.89. The Morgan fingerprint density at radius 3 is 2.48 bits per heavy atom. The van der Waals surface area contributed by atoms with Gasteiger partial charge in [-0.25, -0.2) is 0 Å². The zero-order valence-electron chi connectivity index (χ0n) is 14.5. The maximum absolute atomic E-state index is 4.26. The highest BCUT2D eigenvalue weighted by Crippen LogP contribution is 2.21. The van der Waals surface area contributed by atoms with Gasteiger partial charge in [-0.3, -0.25) is 4.99 Å². The molecular weight excluding hydrogens is 264 g/mol. The number of rotatable bonds is 5. The predicted octanol–water partition coefficient (Wildman–Crippen LogP) is 2.00. The Labute approximate surface area is 128 Å². The summed E-state index contributed by atoms with van der Waals surface area (Å²) in [7, 11) is 3.75. The molecule has 1 heterocycles. The Kier molecular flexibility index (Phi) is 6.18. The van der Waals surface area contributed by atoms with Gasteiger partial charge in [-0.15, -0.1) is 10.2 Å². The summed E-state index contributed by atoms with van der Waals surface area (Å²) in [6.07, 6.45) is 2.30. The third kappa shape index (κ3) is 6.14. The predicted molar refractivity (Wildman–Crippen MR) is 87.2 cm³/mol. The summed E-state index contributed by atoms with van der Waals surface area (Å²) >= 11 is 0. The summed E-state index contributed by atoms with van der Waals surface area (Å²) in [5, 5.41) is 14.9. The molecule has 0 radical (unpaired) electrons. The third-order valence-corrected chi connectivity index (χ3v) is 3.53. The summed E-state index contributed by atoms with van der Waals surface area (Å²) < 4.78 is 1.98. The largest absolute Gasteiger partial charge is 0.354 e. The lowest BCUT2D eigenvalue weighted by Crippen LogP contribution is -2.42. The van der Waals surface area contributed by atoms with Crippen molar-refractivity contribution in [1.29, 1.82) is 0 Å². The fraction of sp³-hybridized carbons (Fsp3) is 0.800. The zero-order chi connectivity index (χ0) is 16.0. The van der Waals surface area contributed by atoms with Crippen molar-refractivity contribution in [2.75, 3.05) is 7.05 Å². The topological polar surface area (TPSA) is 67.1 Å². The minimum atomic E-state index is 0.364. The summed E-state index contributed by atoms with van der Waals surface area (Å²) in [6.45, 7) is 11.5. The van der Waals surface area contributed by atoms with E-state index in [1.54, 1.807) is 7.05 Å². The second-order valence-corrected chi connectivity index (χ2v) is 6.79. The molecule has 1 unspecified atom stereocenters. The molecule has 0 saturated heterocycles. The van der Waals surface area contributed by atoms with Crippen molar-refractivity contribution in [3.63, 3.8) is 0 Å². The first-order chi connectivity index (χ1) is 9.73. The Bertz CT molecular complexity index is 469. The molecule has 0 amide bonds. The van der Waals surface area contributed by atoms with Crippen LogP contribution in [0.25, 0.3) is 0 Å². The number of nitrogens with zero attached hydrogens (tertiary/aromatic N) is 4. The summed E-state index contributed by atoms with van der Waals surface area (Å²) in [4.78, 5) is 4.26. The van der Waals surface area contributed by atoms with Gasteiger partial charge in [-0.1, -0.05) is 20.8 Å². The molecule has 2 N–H and O–H groups in total. The van der Waals surface area contributed by atoms with Crippen LogP contribution in [-0.4, -0.2) is 33.8 Å². The van der Waals surface area contributed by atoms with Gasteiger partial charge in [0.15, 0.2) is 11.8 Å². The fourth-order valence-corrected chi connectivity index (χ4v) is 1.92. The van der Waals surface area contributed by atoms with Gasteiger partial charge >= 0.3 is 0 Å². The van der Waals surface area contributed by atoms with Gasteiger partial charge in [0, 0.05) is 20.1 Å². The molecule has 21 heavy (non-hydrogen) atoms. The van der Waals surface area contributed by atoms with Crippen molar-refractivity contribution in [2.45, 2.75) is 60.0 Å². The van der Waals surface area contributed by atoms with E-state index in [4.69, 9.17) is 0 Å². The van der Waals surface area contributed by atoms with Crippen LogP contribution in [0, 0.1) is 12.3 Å². The van der Waals surface area contributed by atoms with Gasteiger partial charge in [0.1, 0.15) is 5.82 Å². The van der Waals surface area contributed by atoms with Crippen molar-refractivity contribution < 1.29 is 0 Å². The summed E-state index contributed by atoms with van der Waals surface area (Å²) in [5.74, 6) is 2.61. The monoisotopic (exact) mass is 294 g/mol. The van der Waals surface area contributed by atoms with Crippen molar-refractivity contribution in [1.82, 2.24) is 25.4 Å². The molecule has 0 aliphatic rings. The molecule has 120 valence electrons. The zero-order valence-corrected chi connectivity index (χ0v) is 14.5. The number of aromatic nitrogens is 3. The Balaban J connectivity index is 2.43. The molecule has 0 fully saturated rings. The standard InChI is InChI=1S/C15H30N6/c1-11(8-9-15(3,4)5)18-14(16-6)17-10-13-20-19-12(2)21(13)7/h11H,8-10H2,1-7H3,(H2,16,17,18). The second kappa shape index (κ2) is 7.43. The summed E-state index contributed by atoms with van der Waals surface area (Å²) in [6, 6.07) is 0.386. The van der Waals surface area contributed by atoms with Gasteiger partial charge in [0.25, 0.3) is 0 Å². The van der Waals surface area contributed by atoms with E-state index in [1.807, 2.05) is 18.5 Å². The van der Waals surface area contributed by atoms with Gasteiger partial charge < -0.3 is 15.2 Å². The molecule has 0 aromatic carbocycles. The lowest BCUT2D eigenvalue weighted by molar-refractivity contribution is 0.346. The first-order valence-electron chi connectivity index (χ1n) is 7.55. The van der Waals surface area contributed by atoms with Crippen molar-refractivity contribution >= 4 is 5.96 Å².